The van der Waals surface area contributed by atoms with E-state index in [0.717, 1.165) is 24.8 Å². The van der Waals surface area contributed by atoms with Gasteiger partial charge in [0, 0.05) is 18.9 Å². The minimum atomic E-state index is -3.52. The van der Waals surface area contributed by atoms with Crippen molar-refractivity contribution in [3.05, 3.63) is 54.4 Å². The van der Waals surface area contributed by atoms with Crippen LogP contribution in [0.1, 0.15) is 37.8 Å². The molecule has 0 amide bonds. The van der Waals surface area contributed by atoms with Crippen LogP contribution in [0.3, 0.4) is 0 Å². The lowest BCUT2D eigenvalue weighted by molar-refractivity contribution is 0.317. The Bertz CT molecular complexity index is 761. The molecule has 2 heterocycles. The van der Waals surface area contributed by atoms with E-state index in [4.69, 9.17) is 4.74 Å². The van der Waals surface area contributed by atoms with Gasteiger partial charge in [-0.3, -0.25) is 4.98 Å². The number of sulfonamides is 1. The van der Waals surface area contributed by atoms with Gasteiger partial charge in [0.2, 0.25) is 10.0 Å². The summed E-state index contributed by atoms with van der Waals surface area (Å²) in [5, 5.41) is 0. The maximum Gasteiger partial charge on any atom is 0.243 e. The van der Waals surface area contributed by atoms with Gasteiger partial charge in [-0.15, -0.1) is 0 Å². The molecule has 0 bridgehead atoms. The van der Waals surface area contributed by atoms with Crippen molar-refractivity contribution in [3.63, 3.8) is 0 Å². The summed E-state index contributed by atoms with van der Waals surface area (Å²) in [6, 6.07) is 10.4. The van der Waals surface area contributed by atoms with Gasteiger partial charge >= 0.3 is 0 Å². The lowest BCUT2D eigenvalue weighted by Gasteiger charge is -2.24. The molecular weight excluding hydrogens is 324 g/mol. The van der Waals surface area contributed by atoms with Crippen LogP contribution in [0.4, 0.5) is 0 Å². The normalized spacial score (nSPS) is 18.6. The van der Waals surface area contributed by atoms with Crippen LogP contribution in [0.5, 0.6) is 5.75 Å². The number of hydrogen-bond donors (Lipinski definition) is 0. The van der Waals surface area contributed by atoms with E-state index in [1.165, 1.54) is 0 Å². The molecule has 1 aliphatic rings. The minimum absolute atomic E-state index is 0.117. The zero-order valence-electron chi connectivity index (χ0n) is 13.8. The first kappa shape index (κ1) is 16.9. The van der Waals surface area contributed by atoms with Gasteiger partial charge in [-0.05, 0) is 61.2 Å². The first-order valence-corrected chi connectivity index (χ1v) is 9.71. The van der Waals surface area contributed by atoms with E-state index in [-0.39, 0.29) is 6.04 Å². The molecule has 128 valence electrons. The average molecular weight is 346 g/mol. The fourth-order valence-electron chi connectivity index (χ4n) is 3.01. The Labute approximate surface area is 143 Å². The van der Waals surface area contributed by atoms with E-state index in [0.29, 0.717) is 23.8 Å². The van der Waals surface area contributed by atoms with Crippen molar-refractivity contribution in [1.82, 2.24) is 9.29 Å². The summed E-state index contributed by atoms with van der Waals surface area (Å²) >= 11 is 0. The van der Waals surface area contributed by atoms with Crippen LogP contribution in [0.25, 0.3) is 0 Å². The number of rotatable bonds is 6. The van der Waals surface area contributed by atoms with E-state index in [2.05, 4.69) is 4.98 Å². The van der Waals surface area contributed by atoms with Crippen LogP contribution in [0.2, 0.25) is 0 Å². The summed E-state index contributed by atoms with van der Waals surface area (Å²) in [4.78, 5) is 4.33. The third-order valence-electron chi connectivity index (χ3n) is 4.20. The highest BCUT2D eigenvalue weighted by atomic mass is 32.2. The van der Waals surface area contributed by atoms with Gasteiger partial charge < -0.3 is 4.74 Å². The Hall–Kier alpha value is -1.92. The monoisotopic (exact) mass is 346 g/mol. The summed E-state index contributed by atoms with van der Waals surface area (Å²) in [7, 11) is -3.52. The van der Waals surface area contributed by atoms with Crippen molar-refractivity contribution in [1.29, 1.82) is 0 Å². The SMILES string of the molecule is CCCOc1ccc(S(=O)(=O)N2CCC[C@@H]2c2ccncc2)cc1. The molecule has 1 aromatic heterocycles. The fourth-order valence-corrected chi connectivity index (χ4v) is 4.69. The van der Waals surface area contributed by atoms with Crippen LogP contribution < -0.4 is 4.74 Å². The van der Waals surface area contributed by atoms with Crippen molar-refractivity contribution in [2.24, 2.45) is 0 Å². The van der Waals surface area contributed by atoms with Gasteiger partial charge in [0.1, 0.15) is 5.75 Å². The van der Waals surface area contributed by atoms with E-state index in [1.54, 1.807) is 41.0 Å². The zero-order chi connectivity index (χ0) is 17.0. The Kier molecular flexibility index (Phi) is 5.16. The molecule has 0 unspecified atom stereocenters. The topological polar surface area (TPSA) is 59.5 Å². The molecule has 1 saturated heterocycles. The van der Waals surface area contributed by atoms with Crippen molar-refractivity contribution in [2.75, 3.05) is 13.2 Å². The molecule has 2 aromatic rings. The second-order valence-corrected chi connectivity index (χ2v) is 7.76. The highest BCUT2D eigenvalue weighted by Crippen LogP contribution is 2.36. The van der Waals surface area contributed by atoms with Crippen LogP contribution >= 0.6 is 0 Å². The van der Waals surface area contributed by atoms with Crippen molar-refractivity contribution >= 4 is 10.0 Å². The van der Waals surface area contributed by atoms with E-state index >= 15 is 0 Å². The summed E-state index contributed by atoms with van der Waals surface area (Å²) in [5.41, 5.74) is 0.994. The van der Waals surface area contributed by atoms with E-state index in [1.807, 2.05) is 19.1 Å². The lowest BCUT2D eigenvalue weighted by atomic mass is 10.1. The van der Waals surface area contributed by atoms with Crippen LogP contribution in [0, 0.1) is 0 Å². The molecule has 1 aromatic carbocycles. The smallest absolute Gasteiger partial charge is 0.243 e. The quantitative estimate of drug-likeness (QED) is 0.804. The molecule has 3 rings (SSSR count). The molecule has 1 atom stereocenters. The summed E-state index contributed by atoms with van der Waals surface area (Å²) in [6.45, 7) is 3.21. The summed E-state index contributed by atoms with van der Waals surface area (Å²) in [6.07, 6.45) is 6.03. The largest absolute Gasteiger partial charge is 0.494 e. The van der Waals surface area contributed by atoms with Crippen molar-refractivity contribution < 1.29 is 13.2 Å². The van der Waals surface area contributed by atoms with E-state index in [9.17, 15) is 8.42 Å². The maximum absolute atomic E-state index is 13.0. The van der Waals surface area contributed by atoms with Gasteiger partial charge in [0.15, 0.2) is 0 Å². The number of hydrogen-bond acceptors (Lipinski definition) is 4. The fraction of sp³-hybridized carbons (Fsp3) is 0.389. The van der Waals surface area contributed by atoms with Gasteiger partial charge in [-0.2, -0.15) is 4.31 Å². The lowest BCUT2D eigenvalue weighted by Crippen LogP contribution is -2.30. The molecule has 0 saturated carbocycles. The van der Waals surface area contributed by atoms with Crippen LogP contribution in [-0.4, -0.2) is 30.9 Å². The Balaban J connectivity index is 1.84. The average Bonchev–Trinajstić information content (AvgIpc) is 3.12. The molecule has 0 radical (unpaired) electrons. The van der Waals surface area contributed by atoms with E-state index < -0.39 is 10.0 Å². The standard InChI is InChI=1S/C18H22N2O3S/c1-2-14-23-16-5-7-17(8-6-16)24(21,22)20-13-3-4-18(20)15-9-11-19-12-10-15/h5-12,18H,2-4,13-14H2,1H3/t18-/m1/s1. The Morgan fingerprint density at radius 3 is 2.54 bits per heavy atom. The molecular formula is C18H22N2O3S. The molecule has 5 nitrogen and oxygen atoms in total. The second kappa shape index (κ2) is 7.32. The molecule has 1 fully saturated rings. The predicted molar refractivity (Wildman–Crippen MR) is 92.3 cm³/mol. The van der Waals surface area contributed by atoms with Gasteiger partial charge in [0.05, 0.1) is 17.5 Å². The van der Waals surface area contributed by atoms with Crippen molar-refractivity contribution in [3.8, 4) is 5.75 Å². The predicted octanol–water partition coefficient (Wildman–Crippen LogP) is 3.40. The highest BCUT2D eigenvalue weighted by Gasteiger charge is 2.36. The van der Waals surface area contributed by atoms with Crippen molar-refractivity contribution in [2.45, 2.75) is 37.1 Å². The maximum atomic E-state index is 13.0. The zero-order valence-corrected chi connectivity index (χ0v) is 14.6. The number of aromatic nitrogens is 1. The Morgan fingerprint density at radius 2 is 1.88 bits per heavy atom. The first-order valence-electron chi connectivity index (χ1n) is 8.27. The molecule has 0 spiro atoms. The first-order chi connectivity index (χ1) is 11.6. The molecule has 24 heavy (non-hydrogen) atoms. The molecule has 0 aliphatic carbocycles. The Morgan fingerprint density at radius 1 is 1.17 bits per heavy atom. The molecule has 1 aliphatic heterocycles. The van der Waals surface area contributed by atoms with Gasteiger partial charge in [-0.25, -0.2) is 8.42 Å². The number of nitrogens with zero attached hydrogens (tertiary/aromatic N) is 2. The van der Waals surface area contributed by atoms with Crippen LogP contribution in [-0.2, 0) is 10.0 Å². The third kappa shape index (κ3) is 3.44. The van der Waals surface area contributed by atoms with Gasteiger partial charge in [-0.1, -0.05) is 6.92 Å². The highest BCUT2D eigenvalue weighted by molar-refractivity contribution is 7.89. The summed E-state index contributed by atoms with van der Waals surface area (Å²) < 4.78 is 33.2. The molecule has 0 N–H and O–H groups in total. The second-order valence-electron chi connectivity index (χ2n) is 5.87. The number of benzene rings is 1. The number of pyridine rings is 1. The molecule has 6 heteroatoms. The third-order valence-corrected chi connectivity index (χ3v) is 6.12. The van der Waals surface area contributed by atoms with Crippen LogP contribution in [0.15, 0.2) is 53.7 Å². The number of ether oxygens (including phenoxy) is 1. The summed E-state index contributed by atoms with van der Waals surface area (Å²) in [5.74, 6) is 0.697. The minimum Gasteiger partial charge on any atom is -0.494 e. The van der Waals surface area contributed by atoms with Gasteiger partial charge in [0.25, 0.3) is 0 Å².